The van der Waals surface area contributed by atoms with Gasteiger partial charge in [-0.05, 0) is 23.8 Å². The maximum atomic E-state index is 10.9. The molecule has 1 unspecified atom stereocenters. The normalized spacial score (nSPS) is 11.8. The van der Waals surface area contributed by atoms with Crippen LogP contribution in [0.2, 0.25) is 0 Å². The summed E-state index contributed by atoms with van der Waals surface area (Å²) in [6.45, 7) is 2.59. The van der Waals surface area contributed by atoms with Gasteiger partial charge in [0.15, 0.2) is 0 Å². The van der Waals surface area contributed by atoms with Gasteiger partial charge in [-0.25, -0.2) is 0 Å². The van der Waals surface area contributed by atoms with Crippen molar-refractivity contribution in [3.63, 3.8) is 0 Å². The molecule has 0 saturated carbocycles. The Kier molecular flexibility index (Phi) is 7.42. The number of ether oxygens (including phenoxy) is 2. The minimum absolute atomic E-state index is 0.575. The summed E-state index contributed by atoms with van der Waals surface area (Å²) in [5.74, 6) is 0. The first-order valence-electron chi connectivity index (χ1n) is 8.21. The molecule has 1 N–H and O–H groups in total. The number of methoxy groups -OCH3 is 2. The van der Waals surface area contributed by atoms with E-state index in [2.05, 4.69) is 11.0 Å². The Balaban J connectivity index is 2.31. The molecular formula is C20H24N2O3. The highest BCUT2D eigenvalue weighted by molar-refractivity contribution is 5.56. The van der Waals surface area contributed by atoms with E-state index in [4.69, 9.17) is 14.7 Å². The lowest BCUT2D eigenvalue weighted by atomic mass is 9.98. The molecule has 0 aliphatic carbocycles. The van der Waals surface area contributed by atoms with Crippen LogP contribution in [0, 0.1) is 11.3 Å². The number of hydrogen-bond donors (Lipinski definition) is 1. The molecule has 1 atom stereocenters. The van der Waals surface area contributed by atoms with Crippen LogP contribution >= 0.6 is 0 Å². The Morgan fingerprint density at radius 1 is 1.00 bits per heavy atom. The number of hydrogen-bond acceptors (Lipinski definition) is 5. The van der Waals surface area contributed by atoms with E-state index >= 15 is 0 Å². The Labute approximate surface area is 149 Å². The third-order valence-corrected chi connectivity index (χ3v) is 4.06. The van der Waals surface area contributed by atoms with Crippen molar-refractivity contribution in [1.82, 2.24) is 0 Å². The van der Waals surface area contributed by atoms with Crippen LogP contribution in [-0.4, -0.2) is 45.6 Å². The van der Waals surface area contributed by atoms with Crippen molar-refractivity contribution in [1.29, 1.82) is 5.26 Å². The number of aliphatic hydroxyl groups is 1. The molecule has 2 rings (SSSR count). The molecule has 5 heteroatoms. The highest BCUT2D eigenvalue weighted by atomic mass is 16.5. The summed E-state index contributed by atoms with van der Waals surface area (Å²) >= 11 is 0. The molecule has 2 aromatic rings. The minimum Gasteiger partial charge on any atom is -0.384 e. The average molecular weight is 340 g/mol. The fourth-order valence-electron chi connectivity index (χ4n) is 2.68. The summed E-state index contributed by atoms with van der Waals surface area (Å²) in [5, 5.41) is 19.8. The first kappa shape index (κ1) is 18.9. The zero-order chi connectivity index (χ0) is 18.1. The number of benzene rings is 2. The van der Waals surface area contributed by atoms with Gasteiger partial charge in [0.25, 0.3) is 0 Å². The van der Waals surface area contributed by atoms with Crippen LogP contribution in [0.5, 0.6) is 0 Å². The zero-order valence-corrected chi connectivity index (χ0v) is 14.7. The third-order valence-electron chi connectivity index (χ3n) is 4.06. The highest BCUT2D eigenvalue weighted by Gasteiger charge is 2.18. The maximum Gasteiger partial charge on any atom is 0.106 e. The van der Waals surface area contributed by atoms with Crippen LogP contribution in [0.15, 0.2) is 48.5 Å². The van der Waals surface area contributed by atoms with Crippen molar-refractivity contribution >= 4 is 5.69 Å². The molecule has 0 radical (unpaired) electrons. The molecule has 5 nitrogen and oxygen atoms in total. The largest absolute Gasteiger partial charge is 0.384 e. The van der Waals surface area contributed by atoms with E-state index in [0.717, 1.165) is 16.8 Å². The fourth-order valence-corrected chi connectivity index (χ4v) is 2.68. The summed E-state index contributed by atoms with van der Waals surface area (Å²) in [6, 6.07) is 16.9. The lowest BCUT2D eigenvalue weighted by Crippen LogP contribution is -2.31. The van der Waals surface area contributed by atoms with Crippen molar-refractivity contribution in [2.45, 2.75) is 6.10 Å². The molecule has 132 valence electrons. The maximum absolute atomic E-state index is 10.9. The van der Waals surface area contributed by atoms with Crippen LogP contribution < -0.4 is 4.90 Å². The molecule has 2 aromatic carbocycles. The Hall–Kier alpha value is -2.39. The molecular weight excluding hydrogens is 316 g/mol. The van der Waals surface area contributed by atoms with Gasteiger partial charge in [0, 0.05) is 38.6 Å². The van der Waals surface area contributed by atoms with Crippen molar-refractivity contribution in [2.24, 2.45) is 0 Å². The first-order chi connectivity index (χ1) is 12.2. The van der Waals surface area contributed by atoms with E-state index in [9.17, 15) is 5.11 Å². The van der Waals surface area contributed by atoms with Gasteiger partial charge in [-0.2, -0.15) is 5.26 Å². The predicted octanol–water partition coefficient (Wildman–Crippen LogP) is 2.74. The molecule has 0 fully saturated rings. The number of aliphatic hydroxyl groups excluding tert-OH is 1. The molecule has 0 aromatic heterocycles. The summed E-state index contributed by atoms with van der Waals surface area (Å²) in [4.78, 5) is 2.15. The van der Waals surface area contributed by atoms with E-state index in [1.165, 1.54) is 0 Å². The Bertz CT molecular complexity index is 687. The van der Waals surface area contributed by atoms with Gasteiger partial charge in [-0.3, -0.25) is 0 Å². The van der Waals surface area contributed by atoms with Gasteiger partial charge in [-0.15, -0.1) is 0 Å². The number of nitriles is 1. The predicted molar refractivity (Wildman–Crippen MR) is 97.6 cm³/mol. The van der Waals surface area contributed by atoms with Crippen molar-refractivity contribution < 1.29 is 14.6 Å². The fraction of sp³-hybridized carbons (Fsp3) is 0.350. The first-order valence-corrected chi connectivity index (χ1v) is 8.21. The monoisotopic (exact) mass is 340 g/mol. The van der Waals surface area contributed by atoms with Crippen molar-refractivity contribution in [3.8, 4) is 6.07 Å². The minimum atomic E-state index is -0.767. The Morgan fingerprint density at radius 3 is 2.16 bits per heavy atom. The number of para-hydroxylation sites is 1. The SMILES string of the molecule is COCCN(CCOC)c1ccccc1C(O)c1ccc(C#N)cc1. The quantitative estimate of drug-likeness (QED) is 0.760. The summed E-state index contributed by atoms with van der Waals surface area (Å²) in [7, 11) is 3.35. The second-order valence-corrected chi connectivity index (χ2v) is 5.67. The Morgan fingerprint density at radius 2 is 1.60 bits per heavy atom. The second-order valence-electron chi connectivity index (χ2n) is 5.67. The van der Waals surface area contributed by atoms with Gasteiger partial charge in [-0.1, -0.05) is 30.3 Å². The van der Waals surface area contributed by atoms with E-state index in [1.807, 2.05) is 24.3 Å². The molecule has 0 aliphatic heterocycles. The van der Waals surface area contributed by atoms with E-state index in [-0.39, 0.29) is 0 Å². The van der Waals surface area contributed by atoms with Crippen LogP contribution in [0.3, 0.4) is 0 Å². The summed E-state index contributed by atoms with van der Waals surface area (Å²) < 4.78 is 10.4. The van der Waals surface area contributed by atoms with Crippen molar-refractivity contribution in [3.05, 3.63) is 65.2 Å². The molecule has 0 heterocycles. The highest BCUT2D eigenvalue weighted by Crippen LogP contribution is 2.30. The van der Waals surface area contributed by atoms with Crippen LogP contribution in [0.25, 0.3) is 0 Å². The summed E-state index contributed by atoms with van der Waals surface area (Å²) in [5.41, 5.74) is 3.10. The van der Waals surface area contributed by atoms with Crippen LogP contribution in [-0.2, 0) is 9.47 Å². The number of anilines is 1. The van der Waals surface area contributed by atoms with Crippen molar-refractivity contribution in [2.75, 3.05) is 45.4 Å². The molecule has 0 spiro atoms. The lowest BCUT2D eigenvalue weighted by molar-refractivity contribution is 0.189. The molecule has 0 amide bonds. The molecule has 0 saturated heterocycles. The van der Waals surface area contributed by atoms with Crippen LogP contribution in [0.4, 0.5) is 5.69 Å². The van der Waals surface area contributed by atoms with Crippen LogP contribution in [0.1, 0.15) is 22.8 Å². The molecule has 0 aliphatic rings. The van der Waals surface area contributed by atoms with E-state index in [0.29, 0.717) is 31.9 Å². The molecule has 0 bridgehead atoms. The lowest BCUT2D eigenvalue weighted by Gasteiger charge is -2.28. The topological polar surface area (TPSA) is 65.7 Å². The van der Waals surface area contributed by atoms with Gasteiger partial charge in [0.2, 0.25) is 0 Å². The smallest absolute Gasteiger partial charge is 0.106 e. The zero-order valence-electron chi connectivity index (χ0n) is 14.7. The summed E-state index contributed by atoms with van der Waals surface area (Å²) in [6.07, 6.45) is -0.767. The molecule has 25 heavy (non-hydrogen) atoms. The number of nitrogens with zero attached hydrogens (tertiary/aromatic N) is 2. The van der Waals surface area contributed by atoms with Gasteiger partial charge in [0.05, 0.1) is 24.8 Å². The number of rotatable bonds is 9. The van der Waals surface area contributed by atoms with E-state index < -0.39 is 6.10 Å². The van der Waals surface area contributed by atoms with Gasteiger partial charge < -0.3 is 19.5 Å². The standard InChI is InChI=1S/C20H24N2O3/c1-24-13-11-22(12-14-25-2)19-6-4-3-5-18(19)20(23)17-9-7-16(15-21)8-10-17/h3-10,20,23H,11-14H2,1-2H3. The van der Waals surface area contributed by atoms with Gasteiger partial charge in [0.1, 0.15) is 6.10 Å². The average Bonchev–Trinajstić information content (AvgIpc) is 2.68. The second kappa shape index (κ2) is 9.80. The van der Waals surface area contributed by atoms with E-state index in [1.54, 1.807) is 38.5 Å². The van der Waals surface area contributed by atoms with Gasteiger partial charge >= 0.3 is 0 Å². The third kappa shape index (κ3) is 5.04.